The van der Waals surface area contributed by atoms with Gasteiger partial charge >= 0.3 is 0 Å². The van der Waals surface area contributed by atoms with Crippen molar-refractivity contribution in [2.45, 2.75) is 6.92 Å². The molecule has 194 valence electrons. The summed E-state index contributed by atoms with van der Waals surface area (Å²) in [7, 11) is 0. The van der Waals surface area contributed by atoms with Gasteiger partial charge in [-0.1, -0.05) is 24.3 Å². The second kappa shape index (κ2) is 11.8. The summed E-state index contributed by atoms with van der Waals surface area (Å²) in [5.74, 6) is -0.678. The Morgan fingerprint density at radius 3 is 2.41 bits per heavy atom. The number of ether oxygens (including phenoxy) is 2. The van der Waals surface area contributed by atoms with Crippen molar-refractivity contribution in [2.75, 3.05) is 50.8 Å². The Hall–Kier alpha value is -3.99. The lowest BCUT2D eigenvalue weighted by Crippen LogP contribution is -2.51. The topological polar surface area (TPSA) is 122 Å². The van der Waals surface area contributed by atoms with Crippen molar-refractivity contribution in [3.05, 3.63) is 59.0 Å². The minimum Gasteiger partial charge on any atom is -0.490 e. The fourth-order valence-electron chi connectivity index (χ4n) is 4.03. The molecule has 0 saturated carbocycles. The first-order valence-electron chi connectivity index (χ1n) is 11.9. The minimum absolute atomic E-state index is 0.208. The molecule has 2 saturated heterocycles. The van der Waals surface area contributed by atoms with Crippen molar-refractivity contribution in [2.24, 2.45) is 5.73 Å². The molecule has 10 nitrogen and oxygen atoms in total. The van der Waals surface area contributed by atoms with Crippen molar-refractivity contribution in [3.63, 3.8) is 0 Å². The van der Waals surface area contributed by atoms with Crippen LogP contribution >= 0.6 is 11.8 Å². The predicted molar refractivity (Wildman–Crippen MR) is 140 cm³/mol. The summed E-state index contributed by atoms with van der Waals surface area (Å²) in [6.07, 6.45) is 1.56. The highest BCUT2D eigenvalue weighted by Crippen LogP contribution is 2.34. The normalized spacial score (nSPS) is 16.9. The lowest BCUT2D eigenvalue weighted by atomic mass is 10.2. The van der Waals surface area contributed by atoms with Gasteiger partial charge in [0, 0.05) is 31.9 Å². The van der Waals surface area contributed by atoms with Crippen LogP contribution in [0.15, 0.2) is 53.4 Å². The van der Waals surface area contributed by atoms with Crippen molar-refractivity contribution in [3.8, 4) is 11.5 Å². The largest absolute Gasteiger partial charge is 0.490 e. The average molecular weight is 525 g/mol. The van der Waals surface area contributed by atoms with Gasteiger partial charge in [-0.15, -0.1) is 0 Å². The van der Waals surface area contributed by atoms with E-state index < -0.39 is 17.1 Å². The Kier molecular flexibility index (Phi) is 8.34. The molecule has 2 N–H and O–H groups in total. The minimum atomic E-state index is -0.618. The van der Waals surface area contributed by atoms with E-state index in [9.17, 15) is 19.2 Å². The Balaban J connectivity index is 1.39. The number of benzene rings is 2. The van der Waals surface area contributed by atoms with Crippen LogP contribution in [0.3, 0.4) is 0 Å². The SMILES string of the molecule is CCOc1cc(/C=C2\SC(=O)N(CC(=O)N3CCN(c4ccccc4)CC3)C2=O)ccc1OCC(N)=O. The number of rotatable bonds is 9. The fourth-order valence-corrected chi connectivity index (χ4v) is 4.86. The van der Waals surface area contributed by atoms with Crippen molar-refractivity contribution >= 4 is 46.5 Å². The molecule has 0 bridgehead atoms. The summed E-state index contributed by atoms with van der Waals surface area (Å²) in [5, 5.41) is -0.487. The lowest BCUT2D eigenvalue weighted by Gasteiger charge is -2.36. The fraction of sp³-hybridized carbons (Fsp3) is 0.308. The molecule has 2 aromatic rings. The number of primary amides is 1. The summed E-state index contributed by atoms with van der Waals surface area (Å²) >= 11 is 0.787. The van der Waals surface area contributed by atoms with E-state index in [1.165, 1.54) is 0 Å². The zero-order valence-electron chi connectivity index (χ0n) is 20.4. The zero-order valence-corrected chi connectivity index (χ0v) is 21.2. The number of nitrogens with two attached hydrogens (primary N) is 1. The van der Waals surface area contributed by atoms with Crippen molar-refractivity contribution < 1.29 is 28.7 Å². The van der Waals surface area contributed by atoms with E-state index in [0.29, 0.717) is 49.8 Å². The van der Waals surface area contributed by atoms with Gasteiger partial charge in [0.05, 0.1) is 11.5 Å². The summed E-state index contributed by atoms with van der Waals surface area (Å²) in [6.45, 7) is 3.96. The van der Waals surface area contributed by atoms with Crippen LogP contribution in [-0.2, 0) is 14.4 Å². The molecular weight excluding hydrogens is 496 g/mol. The van der Waals surface area contributed by atoms with Crippen LogP contribution < -0.4 is 20.1 Å². The van der Waals surface area contributed by atoms with E-state index in [2.05, 4.69) is 4.90 Å². The van der Waals surface area contributed by atoms with Crippen molar-refractivity contribution in [1.29, 1.82) is 0 Å². The van der Waals surface area contributed by atoms with Crippen LogP contribution in [0, 0.1) is 0 Å². The number of amides is 4. The number of thioether (sulfide) groups is 1. The Labute approximate surface area is 219 Å². The molecule has 2 aliphatic heterocycles. The van der Waals surface area contributed by atoms with Gasteiger partial charge in [0.25, 0.3) is 17.1 Å². The summed E-state index contributed by atoms with van der Waals surface area (Å²) in [5.41, 5.74) is 6.84. The van der Waals surface area contributed by atoms with Gasteiger partial charge in [-0.3, -0.25) is 24.1 Å². The second-order valence-corrected chi connectivity index (χ2v) is 9.36. The number of hydrogen-bond donors (Lipinski definition) is 1. The highest BCUT2D eigenvalue weighted by molar-refractivity contribution is 8.18. The third kappa shape index (κ3) is 6.42. The number of carbonyl (C=O) groups excluding carboxylic acids is 4. The molecule has 2 heterocycles. The van der Waals surface area contributed by atoms with Crippen LogP contribution in [0.2, 0.25) is 0 Å². The molecule has 37 heavy (non-hydrogen) atoms. The van der Waals surface area contributed by atoms with Gasteiger partial charge in [0.1, 0.15) is 6.54 Å². The Morgan fingerprint density at radius 2 is 1.73 bits per heavy atom. The first kappa shape index (κ1) is 26.1. The van der Waals surface area contributed by atoms with Crippen LogP contribution in [0.25, 0.3) is 6.08 Å². The van der Waals surface area contributed by atoms with E-state index in [1.807, 2.05) is 30.3 Å². The summed E-state index contributed by atoms with van der Waals surface area (Å²) in [4.78, 5) is 54.5. The third-order valence-electron chi connectivity index (χ3n) is 5.86. The number of nitrogens with zero attached hydrogens (tertiary/aromatic N) is 3. The van der Waals surface area contributed by atoms with Crippen LogP contribution in [0.4, 0.5) is 10.5 Å². The highest BCUT2D eigenvalue weighted by Gasteiger charge is 2.37. The first-order chi connectivity index (χ1) is 17.9. The van der Waals surface area contributed by atoms with Crippen LogP contribution in [-0.4, -0.2) is 78.7 Å². The average Bonchev–Trinajstić information content (AvgIpc) is 3.16. The number of piperazine rings is 1. The summed E-state index contributed by atoms with van der Waals surface area (Å²) < 4.78 is 10.9. The van der Waals surface area contributed by atoms with Gasteiger partial charge in [0.15, 0.2) is 18.1 Å². The Morgan fingerprint density at radius 1 is 1.00 bits per heavy atom. The van der Waals surface area contributed by atoms with Crippen molar-refractivity contribution in [1.82, 2.24) is 9.80 Å². The molecule has 2 aromatic carbocycles. The zero-order chi connectivity index (χ0) is 26.4. The van der Waals surface area contributed by atoms with E-state index in [4.69, 9.17) is 15.2 Å². The number of hydrogen-bond acceptors (Lipinski definition) is 8. The number of imide groups is 1. The standard InChI is InChI=1S/C26H28N4O6S/c1-2-35-21-14-18(8-9-20(21)36-17-23(27)31)15-22-25(33)30(26(34)37-22)16-24(32)29-12-10-28(11-13-29)19-6-4-3-5-7-19/h3-9,14-15H,2,10-13,16-17H2,1H3,(H2,27,31)/b22-15-. The third-order valence-corrected chi connectivity index (χ3v) is 6.76. The molecule has 4 amide bonds. The molecule has 0 aromatic heterocycles. The molecular formula is C26H28N4O6S. The molecule has 0 unspecified atom stereocenters. The smallest absolute Gasteiger partial charge is 0.294 e. The predicted octanol–water partition coefficient (Wildman–Crippen LogP) is 2.33. The van der Waals surface area contributed by atoms with Gasteiger partial charge in [-0.25, -0.2) is 0 Å². The van der Waals surface area contributed by atoms with Gasteiger partial charge in [-0.2, -0.15) is 0 Å². The first-order valence-corrected chi connectivity index (χ1v) is 12.7. The highest BCUT2D eigenvalue weighted by atomic mass is 32.2. The molecule has 0 aliphatic carbocycles. The monoisotopic (exact) mass is 524 g/mol. The van der Waals surface area contributed by atoms with E-state index in [0.717, 1.165) is 22.3 Å². The maximum Gasteiger partial charge on any atom is 0.294 e. The van der Waals surface area contributed by atoms with Gasteiger partial charge in [0.2, 0.25) is 5.91 Å². The quantitative estimate of drug-likeness (QED) is 0.496. The molecule has 11 heteroatoms. The molecule has 2 fully saturated rings. The molecule has 2 aliphatic rings. The molecule has 4 rings (SSSR count). The van der Waals surface area contributed by atoms with Crippen LogP contribution in [0.1, 0.15) is 12.5 Å². The number of anilines is 1. The molecule has 0 radical (unpaired) electrons. The van der Waals surface area contributed by atoms with Crippen LogP contribution in [0.5, 0.6) is 11.5 Å². The molecule has 0 atom stereocenters. The van der Waals surface area contributed by atoms with E-state index >= 15 is 0 Å². The van der Waals surface area contributed by atoms with Gasteiger partial charge < -0.3 is 25.0 Å². The summed E-state index contributed by atoms with van der Waals surface area (Å²) in [6, 6.07) is 14.9. The number of carbonyl (C=O) groups is 4. The number of para-hydroxylation sites is 1. The second-order valence-electron chi connectivity index (χ2n) is 8.37. The maximum atomic E-state index is 13.0. The van der Waals surface area contributed by atoms with Gasteiger partial charge in [-0.05, 0) is 54.6 Å². The lowest BCUT2D eigenvalue weighted by molar-refractivity contribution is -0.136. The maximum absolute atomic E-state index is 13.0. The van der Waals surface area contributed by atoms with E-state index in [1.54, 1.807) is 36.1 Å². The molecule has 0 spiro atoms. The van der Waals surface area contributed by atoms with E-state index in [-0.39, 0.29) is 24.0 Å². The Bertz CT molecular complexity index is 1210.